The zero-order valence-electron chi connectivity index (χ0n) is 9.93. The van der Waals surface area contributed by atoms with Crippen LogP contribution in [0.2, 0.25) is 0 Å². The fraction of sp³-hybridized carbons (Fsp3) is 0.818. The Balaban J connectivity index is 2.09. The number of hydrogen-bond donors (Lipinski definition) is 2. The molecular formula is C11H20N2O3S. The van der Waals surface area contributed by atoms with Crippen LogP contribution in [0.4, 0.5) is 0 Å². The van der Waals surface area contributed by atoms with Gasteiger partial charge in [-0.15, -0.1) is 0 Å². The molecule has 1 aliphatic rings. The number of hydrogen-bond acceptors (Lipinski definition) is 4. The van der Waals surface area contributed by atoms with Gasteiger partial charge >= 0.3 is 5.97 Å². The first kappa shape index (κ1) is 14.3. The molecule has 1 aliphatic heterocycles. The Hall–Kier alpha value is -0.750. The summed E-state index contributed by atoms with van der Waals surface area (Å²) in [4.78, 5) is 24.1. The minimum Gasteiger partial charge on any atom is -0.480 e. The largest absolute Gasteiger partial charge is 0.480 e. The first-order valence-electron chi connectivity index (χ1n) is 5.95. The summed E-state index contributed by atoms with van der Waals surface area (Å²) in [7, 11) is 0. The third-order valence-electron chi connectivity index (χ3n) is 2.78. The van der Waals surface area contributed by atoms with Crippen LogP contribution in [0.5, 0.6) is 0 Å². The summed E-state index contributed by atoms with van der Waals surface area (Å²) in [6.45, 7) is 1.75. The van der Waals surface area contributed by atoms with Crippen molar-refractivity contribution in [1.82, 2.24) is 4.90 Å². The van der Waals surface area contributed by atoms with Crippen molar-refractivity contribution in [1.29, 1.82) is 0 Å². The van der Waals surface area contributed by atoms with Gasteiger partial charge in [0.05, 0.1) is 0 Å². The van der Waals surface area contributed by atoms with Crippen molar-refractivity contribution in [2.24, 2.45) is 5.73 Å². The van der Waals surface area contributed by atoms with Crippen LogP contribution in [0.3, 0.4) is 0 Å². The average molecular weight is 260 g/mol. The van der Waals surface area contributed by atoms with Gasteiger partial charge in [0, 0.05) is 31.0 Å². The number of carboxylic acid groups (broad SMARTS) is 1. The van der Waals surface area contributed by atoms with Gasteiger partial charge in [-0.2, -0.15) is 11.8 Å². The molecule has 1 saturated heterocycles. The van der Waals surface area contributed by atoms with Gasteiger partial charge in [-0.1, -0.05) is 0 Å². The molecule has 0 unspecified atom stereocenters. The van der Waals surface area contributed by atoms with Gasteiger partial charge in [0.1, 0.15) is 6.04 Å². The van der Waals surface area contributed by atoms with Gasteiger partial charge in [0.15, 0.2) is 0 Å². The Morgan fingerprint density at radius 1 is 1.29 bits per heavy atom. The van der Waals surface area contributed by atoms with E-state index in [0.29, 0.717) is 17.9 Å². The second kappa shape index (κ2) is 7.55. The van der Waals surface area contributed by atoms with E-state index in [1.807, 2.05) is 4.90 Å². The van der Waals surface area contributed by atoms with Crippen LogP contribution in [0.15, 0.2) is 0 Å². The maximum absolute atomic E-state index is 11.7. The lowest BCUT2D eigenvalue weighted by Gasteiger charge is -2.26. The maximum Gasteiger partial charge on any atom is 0.321 e. The smallest absolute Gasteiger partial charge is 0.321 e. The number of thioether (sulfide) groups is 1. The van der Waals surface area contributed by atoms with Crippen molar-refractivity contribution in [3.05, 3.63) is 0 Å². The summed E-state index contributed by atoms with van der Waals surface area (Å²) >= 11 is 1.43. The highest BCUT2D eigenvalue weighted by atomic mass is 32.2. The van der Waals surface area contributed by atoms with E-state index in [9.17, 15) is 9.59 Å². The van der Waals surface area contributed by atoms with Crippen LogP contribution in [0.25, 0.3) is 0 Å². The summed E-state index contributed by atoms with van der Waals surface area (Å²) in [5.41, 5.74) is 5.36. The van der Waals surface area contributed by atoms with E-state index >= 15 is 0 Å². The molecule has 0 spiro atoms. The number of piperidine rings is 1. The van der Waals surface area contributed by atoms with Gasteiger partial charge in [-0.05, 0) is 19.3 Å². The lowest BCUT2D eigenvalue weighted by atomic mass is 10.1. The molecule has 6 heteroatoms. The van der Waals surface area contributed by atoms with Crippen LogP contribution < -0.4 is 5.73 Å². The second-order valence-electron chi connectivity index (χ2n) is 4.21. The Bertz CT molecular complexity index is 267. The topological polar surface area (TPSA) is 83.6 Å². The molecule has 0 aliphatic carbocycles. The van der Waals surface area contributed by atoms with Crippen molar-refractivity contribution in [2.45, 2.75) is 31.7 Å². The van der Waals surface area contributed by atoms with E-state index in [-0.39, 0.29) is 5.91 Å². The van der Waals surface area contributed by atoms with Crippen LogP contribution in [-0.2, 0) is 9.59 Å². The van der Waals surface area contributed by atoms with Crippen LogP contribution in [0.1, 0.15) is 25.7 Å². The van der Waals surface area contributed by atoms with Gasteiger partial charge in [0.25, 0.3) is 0 Å². The predicted molar refractivity (Wildman–Crippen MR) is 68.0 cm³/mol. The fourth-order valence-electron chi connectivity index (χ4n) is 1.74. The number of carbonyl (C=O) groups excluding carboxylic acids is 1. The highest BCUT2D eigenvalue weighted by Crippen LogP contribution is 2.12. The molecule has 0 aromatic rings. The average Bonchev–Trinajstić information content (AvgIpc) is 2.35. The molecule has 0 radical (unpaired) electrons. The van der Waals surface area contributed by atoms with Gasteiger partial charge in [-0.3, -0.25) is 9.59 Å². The summed E-state index contributed by atoms with van der Waals surface area (Å²) in [6, 6.07) is -0.829. The molecule has 1 rings (SSSR count). The Morgan fingerprint density at radius 2 is 1.94 bits per heavy atom. The minimum atomic E-state index is -0.986. The molecule has 0 aromatic carbocycles. The Labute approximate surface area is 106 Å². The molecule has 0 aromatic heterocycles. The van der Waals surface area contributed by atoms with Crippen molar-refractivity contribution in [3.8, 4) is 0 Å². The van der Waals surface area contributed by atoms with E-state index in [0.717, 1.165) is 25.9 Å². The summed E-state index contributed by atoms with van der Waals surface area (Å²) in [5.74, 6) is 0.208. The molecule has 98 valence electrons. The number of likely N-dealkylation sites (tertiary alicyclic amines) is 1. The second-order valence-corrected chi connectivity index (χ2v) is 5.36. The van der Waals surface area contributed by atoms with E-state index in [1.54, 1.807) is 0 Å². The summed E-state index contributed by atoms with van der Waals surface area (Å²) in [5, 5.41) is 8.58. The maximum atomic E-state index is 11.7. The van der Waals surface area contributed by atoms with E-state index in [1.165, 1.54) is 18.2 Å². The molecule has 0 bridgehead atoms. The number of rotatable bonds is 6. The SMILES string of the molecule is N[C@@H](CSCCC(=O)N1CCCCC1)C(=O)O. The lowest BCUT2D eigenvalue weighted by molar-refractivity contribution is -0.138. The molecule has 17 heavy (non-hydrogen) atoms. The lowest BCUT2D eigenvalue weighted by Crippen LogP contribution is -2.36. The summed E-state index contributed by atoms with van der Waals surface area (Å²) in [6.07, 6.45) is 3.90. The normalized spacial score (nSPS) is 17.8. The van der Waals surface area contributed by atoms with E-state index in [2.05, 4.69) is 0 Å². The zero-order chi connectivity index (χ0) is 12.7. The van der Waals surface area contributed by atoms with E-state index < -0.39 is 12.0 Å². The number of amides is 1. The monoisotopic (exact) mass is 260 g/mol. The number of nitrogens with zero attached hydrogens (tertiary/aromatic N) is 1. The minimum absolute atomic E-state index is 0.182. The first-order chi connectivity index (χ1) is 8.11. The molecule has 5 nitrogen and oxygen atoms in total. The first-order valence-corrected chi connectivity index (χ1v) is 7.10. The molecule has 3 N–H and O–H groups in total. The fourth-order valence-corrected chi connectivity index (χ4v) is 2.62. The summed E-state index contributed by atoms with van der Waals surface area (Å²) < 4.78 is 0. The van der Waals surface area contributed by atoms with Crippen molar-refractivity contribution in [3.63, 3.8) is 0 Å². The number of aliphatic carboxylic acids is 1. The third kappa shape index (κ3) is 5.41. The molecule has 1 heterocycles. The van der Waals surface area contributed by atoms with Crippen molar-refractivity contribution >= 4 is 23.6 Å². The Kier molecular flexibility index (Phi) is 6.36. The Morgan fingerprint density at radius 3 is 2.53 bits per heavy atom. The van der Waals surface area contributed by atoms with E-state index in [4.69, 9.17) is 10.8 Å². The third-order valence-corrected chi connectivity index (χ3v) is 3.87. The van der Waals surface area contributed by atoms with Crippen molar-refractivity contribution in [2.75, 3.05) is 24.6 Å². The number of nitrogens with two attached hydrogens (primary N) is 1. The quantitative estimate of drug-likeness (QED) is 0.681. The molecule has 1 fully saturated rings. The van der Waals surface area contributed by atoms with Crippen LogP contribution >= 0.6 is 11.8 Å². The highest BCUT2D eigenvalue weighted by Gasteiger charge is 2.16. The predicted octanol–water partition coefficient (Wildman–Crippen LogP) is 0.534. The van der Waals surface area contributed by atoms with Crippen LogP contribution in [-0.4, -0.2) is 52.5 Å². The van der Waals surface area contributed by atoms with Gasteiger partial charge < -0.3 is 15.7 Å². The molecule has 1 atom stereocenters. The number of carboxylic acids is 1. The molecule has 0 saturated carbocycles. The highest BCUT2D eigenvalue weighted by molar-refractivity contribution is 7.99. The molecule has 1 amide bonds. The van der Waals surface area contributed by atoms with Gasteiger partial charge in [0.2, 0.25) is 5.91 Å². The number of carbonyl (C=O) groups is 2. The van der Waals surface area contributed by atoms with Gasteiger partial charge in [-0.25, -0.2) is 0 Å². The molecular weight excluding hydrogens is 240 g/mol. The van der Waals surface area contributed by atoms with Crippen LogP contribution in [0, 0.1) is 0 Å². The van der Waals surface area contributed by atoms with Crippen molar-refractivity contribution < 1.29 is 14.7 Å². The standard InChI is InChI=1S/C11H20N2O3S/c12-9(11(15)16)8-17-7-4-10(14)13-5-2-1-3-6-13/h9H,1-8,12H2,(H,15,16)/t9-/m0/s1. The zero-order valence-corrected chi connectivity index (χ0v) is 10.7.